The number of nitrogens with two attached hydrogens (primary N) is 1. The van der Waals surface area contributed by atoms with E-state index in [1.807, 2.05) is 6.07 Å². The third-order valence-corrected chi connectivity index (χ3v) is 2.31. The molecule has 0 radical (unpaired) electrons. The van der Waals surface area contributed by atoms with Crippen LogP contribution >= 0.6 is 23.2 Å². The van der Waals surface area contributed by atoms with Crippen molar-refractivity contribution in [1.29, 1.82) is 5.26 Å². The molecule has 0 atom stereocenters. The van der Waals surface area contributed by atoms with Gasteiger partial charge in [-0.1, -0.05) is 23.2 Å². The molecule has 80 valence electrons. The number of nitrogen functional groups attached to an aromatic ring is 1. The van der Waals surface area contributed by atoms with Gasteiger partial charge in [-0.25, -0.2) is 0 Å². The molecule has 0 aliphatic carbocycles. The van der Waals surface area contributed by atoms with E-state index in [-0.39, 0.29) is 17.5 Å². The first-order valence-electron chi connectivity index (χ1n) is 4.23. The van der Waals surface area contributed by atoms with Crippen molar-refractivity contribution in [2.45, 2.75) is 0 Å². The van der Waals surface area contributed by atoms with Crippen molar-refractivity contribution < 1.29 is 4.42 Å². The lowest BCUT2D eigenvalue weighted by atomic mass is 10.2. The second-order valence-electron chi connectivity index (χ2n) is 3.00. The van der Waals surface area contributed by atoms with Crippen molar-refractivity contribution in [1.82, 2.24) is 4.98 Å². The smallest absolute Gasteiger partial charge is 0.230 e. The number of anilines is 1. The average molecular weight is 254 g/mol. The third kappa shape index (κ3) is 1.96. The highest BCUT2D eigenvalue weighted by molar-refractivity contribution is 6.35. The number of aromatic nitrogens is 1. The van der Waals surface area contributed by atoms with E-state index in [0.29, 0.717) is 15.6 Å². The number of halogens is 2. The summed E-state index contributed by atoms with van der Waals surface area (Å²) in [7, 11) is 0. The lowest BCUT2D eigenvalue weighted by Crippen LogP contribution is -1.84. The Morgan fingerprint density at radius 3 is 2.38 bits per heavy atom. The minimum atomic E-state index is -0.0198. The Kier molecular flexibility index (Phi) is 2.73. The molecule has 4 nitrogen and oxygen atoms in total. The average Bonchev–Trinajstić information content (AvgIpc) is 2.58. The molecule has 0 bridgehead atoms. The molecule has 2 N–H and O–H groups in total. The molecule has 0 saturated carbocycles. The standard InChI is InChI=1S/C10H5Cl2N3O/c11-6-1-5(2-7(12)3-6)10-15-8(4-13)9(14)16-10/h1-3H,14H2. The van der Waals surface area contributed by atoms with Crippen LogP contribution in [-0.4, -0.2) is 4.98 Å². The van der Waals surface area contributed by atoms with E-state index in [2.05, 4.69) is 4.98 Å². The fourth-order valence-corrected chi connectivity index (χ4v) is 1.74. The second-order valence-corrected chi connectivity index (χ2v) is 3.87. The van der Waals surface area contributed by atoms with Gasteiger partial charge in [-0.3, -0.25) is 0 Å². The molecular weight excluding hydrogens is 249 g/mol. The zero-order valence-electron chi connectivity index (χ0n) is 7.87. The van der Waals surface area contributed by atoms with E-state index in [9.17, 15) is 0 Å². The van der Waals surface area contributed by atoms with Gasteiger partial charge in [0.05, 0.1) is 0 Å². The highest BCUT2D eigenvalue weighted by Gasteiger charge is 2.12. The number of nitrogens with zero attached hydrogens (tertiary/aromatic N) is 2. The van der Waals surface area contributed by atoms with Crippen LogP contribution in [0.25, 0.3) is 11.5 Å². The summed E-state index contributed by atoms with van der Waals surface area (Å²) in [5.74, 6) is 0.201. The Morgan fingerprint density at radius 1 is 1.25 bits per heavy atom. The summed E-state index contributed by atoms with van der Waals surface area (Å²) in [6.07, 6.45) is 0. The van der Waals surface area contributed by atoms with Crippen molar-refractivity contribution >= 4 is 29.1 Å². The second kappa shape index (κ2) is 4.05. The summed E-state index contributed by atoms with van der Waals surface area (Å²) in [4.78, 5) is 3.91. The van der Waals surface area contributed by atoms with Gasteiger partial charge in [0.25, 0.3) is 0 Å². The van der Waals surface area contributed by atoms with Gasteiger partial charge in [-0.2, -0.15) is 10.2 Å². The summed E-state index contributed by atoms with van der Waals surface area (Å²) in [6.45, 7) is 0. The zero-order chi connectivity index (χ0) is 11.7. The van der Waals surface area contributed by atoms with E-state index in [1.54, 1.807) is 18.2 Å². The number of hydrogen-bond donors (Lipinski definition) is 1. The lowest BCUT2D eigenvalue weighted by Gasteiger charge is -1.97. The fourth-order valence-electron chi connectivity index (χ4n) is 1.21. The van der Waals surface area contributed by atoms with Crippen LogP contribution < -0.4 is 5.73 Å². The Bertz CT molecular complexity index is 566. The topological polar surface area (TPSA) is 75.8 Å². The molecule has 0 spiro atoms. The summed E-state index contributed by atoms with van der Waals surface area (Å²) >= 11 is 11.7. The van der Waals surface area contributed by atoms with Crippen molar-refractivity contribution in [2.24, 2.45) is 0 Å². The van der Waals surface area contributed by atoms with Crippen LogP contribution in [0.5, 0.6) is 0 Å². The van der Waals surface area contributed by atoms with E-state index in [1.165, 1.54) is 0 Å². The maximum absolute atomic E-state index is 8.68. The minimum Gasteiger partial charge on any atom is -0.419 e. The molecule has 16 heavy (non-hydrogen) atoms. The van der Waals surface area contributed by atoms with Gasteiger partial charge in [0.15, 0.2) is 0 Å². The Labute approximate surface area is 101 Å². The van der Waals surface area contributed by atoms with E-state index in [0.717, 1.165) is 0 Å². The number of hydrogen-bond acceptors (Lipinski definition) is 4. The van der Waals surface area contributed by atoms with Gasteiger partial charge in [0, 0.05) is 15.6 Å². The molecule has 1 heterocycles. The Hall–Kier alpha value is -1.70. The van der Waals surface area contributed by atoms with Gasteiger partial charge in [0.2, 0.25) is 17.5 Å². The molecule has 0 saturated heterocycles. The summed E-state index contributed by atoms with van der Waals surface area (Å²) in [6, 6.07) is 6.66. The predicted molar refractivity (Wildman–Crippen MR) is 61.1 cm³/mol. The first kappa shape index (κ1) is 10.8. The van der Waals surface area contributed by atoms with E-state index >= 15 is 0 Å². The molecule has 0 aliphatic rings. The highest BCUT2D eigenvalue weighted by Crippen LogP contribution is 2.28. The first-order chi connectivity index (χ1) is 7.60. The molecule has 0 aliphatic heterocycles. The molecule has 0 amide bonds. The number of benzene rings is 1. The van der Waals surface area contributed by atoms with Crippen molar-refractivity contribution in [3.8, 4) is 17.5 Å². The first-order valence-corrected chi connectivity index (χ1v) is 4.98. The van der Waals surface area contributed by atoms with Crippen molar-refractivity contribution in [3.05, 3.63) is 33.9 Å². The maximum atomic E-state index is 8.68. The van der Waals surface area contributed by atoms with Gasteiger partial charge in [-0.15, -0.1) is 0 Å². The lowest BCUT2D eigenvalue weighted by molar-refractivity contribution is 0.593. The summed E-state index contributed by atoms with van der Waals surface area (Å²) in [5.41, 5.74) is 6.07. The van der Waals surface area contributed by atoms with E-state index < -0.39 is 0 Å². The monoisotopic (exact) mass is 253 g/mol. The fraction of sp³-hybridized carbons (Fsp3) is 0. The largest absolute Gasteiger partial charge is 0.419 e. The van der Waals surface area contributed by atoms with Gasteiger partial charge >= 0.3 is 0 Å². The van der Waals surface area contributed by atoms with Crippen molar-refractivity contribution in [3.63, 3.8) is 0 Å². The van der Waals surface area contributed by atoms with Crippen LogP contribution in [0.1, 0.15) is 5.69 Å². The predicted octanol–water partition coefficient (Wildman–Crippen LogP) is 3.10. The molecule has 0 fully saturated rings. The SMILES string of the molecule is N#Cc1nc(-c2cc(Cl)cc(Cl)c2)oc1N. The zero-order valence-corrected chi connectivity index (χ0v) is 9.38. The van der Waals surface area contributed by atoms with Crippen LogP contribution in [0.15, 0.2) is 22.6 Å². The minimum absolute atomic E-state index is 0.0198. The Balaban J connectivity index is 2.55. The van der Waals surface area contributed by atoms with Gasteiger partial charge in [0.1, 0.15) is 6.07 Å². The number of oxazole rings is 1. The van der Waals surface area contributed by atoms with Gasteiger partial charge in [-0.05, 0) is 18.2 Å². The third-order valence-electron chi connectivity index (χ3n) is 1.87. The normalized spacial score (nSPS) is 10.1. The molecule has 2 aromatic rings. The molecule has 6 heteroatoms. The number of rotatable bonds is 1. The van der Waals surface area contributed by atoms with Crippen molar-refractivity contribution in [2.75, 3.05) is 5.73 Å². The van der Waals surface area contributed by atoms with Crippen LogP contribution in [0.3, 0.4) is 0 Å². The van der Waals surface area contributed by atoms with Crippen LogP contribution in [0.2, 0.25) is 10.0 Å². The number of nitriles is 1. The molecular formula is C10H5Cl2N3O. The Morgan fingerprint density at radius 2 is 1.88 bits per heavy atom. The molecule has 1 aromatic carbocycles. The van der Waals surface area contributed by atoms with Gasteiger partial charge < -0.3 is 10.2 Å². The molecule has 0 unspecified atom stereocenters. The molecule has 2 rings (SSSR count). The van der Waals surface area contributed by atoms with Crippen LogP contribution in [0, 0.1) is 11.3 Å². The quantitative estimate of drug-likeness (QED) is 0.848. The summed E-state index contributed by atoms with van der Waals surface area (Å²) < 4.78 is 5.13. The molecule has 1 aromatic heterocycles. The van der Waals surface area contributed by atoms with E-state index in [4.69, 9.17) is 38.6 Å². The van der Waals surface area contributed by atoms with Crippen LogP contribution in [-0.2, 0) is 0 Å². The van der Waals surface area contributed by atoms with Crippen LogP contribution in [0.4, 0.5) is 5.88 Å². The highest BCUT2D eigenvalue weighted by atomic mass is 35.5. The maximum Gasteiger partial charge on any atom is 0.230 e. The summed E-state index contributed by atoms with van der Waals surface area (Å²) in [5, 5.41) is 9.60.